The zero-order valence-corrected chi connectivity index (χ0v) is 14.4. The van der Waals surface area contributed by atoms with Gasteiger partial charge in [0.1, 0.15) is 0 Å². The minimum Gasteiger partial charge on any atom is -0.381 e. The summed E-state index contributed by atoms with van der Waals surface area (Å²) in [5, 5.41) is 0. The van der Waals surface area contributed by atoms with Gasteiger partial charge in [0, 0.05) is 25.5 Å². The average molecular weight is 304 g/mol. The van der Waals surface area contributed by atoms with Gasteiger partial charge in [0.15, 0.2) is 0 Å². The smallest absolute Gasteiger partial charge is 0.0595 e. The fraction of sp³-hybridized carbons (Fsp3) is 0.895. The van der Waals surface area contributed by atoms with E-state index in [-0.39, 0.29) is 0 Å². The summed E-state index contributed by atoms with van der Waals surface area (Å²) in [7, 11) is 4.06. The number of rotatable bonds is 3. The summed E-state index contributed by atoms with van der Waals surface area (Å²) in [6, 6.07) is 0. The Labute approximate surface area is 136 Å². The quantitative estimate of drug-likeness (QED) is 0.745. The summed E-state index contributed by atoms with van der Waals surface area (Å²) in [4.78, 5) is 5.16. The summed E-state index contributed by atoms with van der Waals surface area (Å²) in [5.41, 5.74) is 0. The molecule has 3 rings (SSSR count). The third kappa shape index (κ3) is 4.47. The highest BCUT2D eigenvalue weighted by Gasteiger charge is 2.28. The Bertz CT molecular complexity index is 391. The van der Waals surface area contributed by atoms with Crippen LogP contribution in [0.15, 0.2) is 0 Å². The molecule has 0 aromatic heterocycles. The molecule has 3 aliphatic rings. The molecule has 22 heavy (non-hydrogen) atoms. The molecule has 2 aliphatic heterocycles. The van der Waals surface area contributed by atoms with E-state index in [1.807, 2.05) is 7.11 Å². The topological polar surface area (TPSA) is 15.7 Å². The van der Waals surface area contributed by atoms with Crippen LogP contribution in [0, 0.1) is 29.6 Å². The number of piperidine rings is 2. The monoisotopic (exact) mass is 304 g/mol. The highest BCUT2D eigenvalue weighted by atomic mass is 16.5. The molecule has 1 saturated carbocycles. The van der Waals surface area contributed by atoms with Gasteiger partial charge in [0.2, 0.25) is 0 Å². The van der Waals surface area contributed by atoms with Gasteiger partial charge in [-0.1, -0.05) is 11.8 Å². The van der Waals surface area contributed by atoms with Crippen LogP contribution in [0.25, 0.3) is 0 Å². The molecule has 0 N–H and O–H groups in total. The molecular weight excluding hydrogens is 272 g/mol. The van der Waals surface area contributed by atoms with Crippen molar-refractivity contribution in [1.82, 2.24) is 9.80 Å². The Balaban J connectivity index is 1.33. The van der Waals surface area contributed by atoms with E-state index < -0.39 is 0 Å². The zero-order valence-electron chi connectivity index (χ0n) is 14.4. The molecule has 2 heterocycles. The number of likely N-dealkylation sites (tertiary alicyclic amines) is 2. The van der Waals surface area contributed by atoms with Gasteiger partial charge in [-0.15, -0.1) is 0 Å². The van der Waals surface area contributed by atoms with E-state index in [2.05, 4.69) is 28.7 Å². The lowest BCUT2D eigenvalue weighted by molar-refractivity contribution is 0.0191. The summed E-state index contributed by atoms with van der Waals surface area (Å²) in [6.45, 7) is 6.42. The zero-order chi connectivity index (χ0) is 15.4. The standard InChI is InChI=1S/C19H32N2O/c1-20-9-5-17(6-10-20)15-21-11-7-16(8-12-21)3-4-18-13-19(14-18)22-2/h16-19H,5-15H2,1-2H3. The highest BCUT2D eigenvalue weighted by Crippen LogP contribution is 2.29. The SMILES string of the molecule is COC1CC(C#CC2CCN(CC3CCN(C)CC3)CC2)C1. The van der Waals surface area contributed by atoms with E-state index in [0.717, 1.165) is 18.8 Å². The number of hydrogen-bond acceptors (Lipinski definition) is 3. The molecule has 3 nitrogen and oxygen atoms in total. The lowest BCUT2D eigenvalue weighted by Gasteiger charge is -2.36. The minimum atomic E-state index is 0.482. The molecule has 0 amide bonds. The lowest BCUT2D eigenvalue weighted by atomic mass is 9.82. The molecule has 0 radical (unpaired) electrons. The summed E-state index contributed by atoms with van der Waals surface area (Å²) < 4.78 is 5.32. The van der Waals surface area contributed by atoms with Crippen LogP contribution in [-0.4, -0.2) is 62.8 Å². The molecule has 1 aliphatic carbocycles. The van der Waals surface area contributed by atoms with Crippen LogP contribution in [0.5, 0.6) is 0 Å². The predicted octanol–water partition coefficient (Wildman–Crippen LogP) is 2.47. The molecule has 0 bridgehead atoms. The lowest BCUT2D eigenvalue weighted by Crippen LogP contribution is -2.40. The van der Waals surface area contributed by atoms with E-state index in [9.17, 15) is 0 Å². The predicted molar refractivity (Wildman–Crippen MR) is 90.7 cm³/mol. The average Bonchev–Trinajstić information content (AvgIpc) is 2.50. The van der Waals surface area contributed by atoms with Crippen molar-refractivity contribution in [2.24, 2.45) is 17.8 Å². The molecule has 0 spiro atoms. The van der Waals surface area contributed by atoms with Gasteiger partial charge in [-0.3, -0.25) is 0 Å². The van der Waals surface area contributed by atoms with Gasteiger partial charge in [0.25, 0.3) is 0 Å². The maximum Gasteiger partial charge on any atom is 0.0595 e. The fourth-order valence-electron chi connectivity index (χ4n) is 3.98. The van der Waals surface area contributed by atoms with E-state index in [1.165, 1.54) is 58.4 Å². The van der Waals surface area contributed by atoms with Crippen molar-refractivity contribution in [3.05, 3.63) is 0 Å². The van der Waals surface area contributed by atoms with Gasteiger partial charge in [0.05, 0.1) is 6.10 Å². The van der Waals surface area contributed by atoms with Crippen LogP contribution in [0.1, 0.15) is 38.5 Å². The first-order valence-electron chi connectivity index (χ1n) is 9.17. The summed E-state index contributed by atoms with van der Waals surface area (Å²) in [6.07, 6.45) is 8.12. The van der Waals surface area contributed by atoms with Crippen molar-refractivity contribution >= 4 is 0 Å². The first kappa shape index (κ1) is 16.3. The third-order valence-electron chi connectivity index (χ3n) is 5.86. The molecule has 0 aromatic rings. The Hall–Kier alpha value is -0.560. The summed E-state index contributed by atoms with van der Waals surface area (Å²) in [5.74, 6) is 9.25. The van der Waals surface area contributed by atoms with Crippen molar-refractivity contribution in [3.8, 4) is 11.8 Å². The highest BCUT2D eigenvalue weighted by molar-refractivity contribution is 5.12. The Morgan fingerprint density at radius 3 is 2.18 bits per heavy atom. The van der Waals surface area contributed by atoms with Gasteiger partial charge in [-0.25, -0.2) is 0 Å². The molecule has 0 atom stereocenters. The molecule has 124 valence electrons. The van der Waals surface area contributed by atoms with Crippen LogP contribution in [0.3, 0.4) is 0 Å². The third-order valence-corrected chi connectivity index (χ3v) is 5.86. The van der Waals surface area contributed by atoms with E-state index >= 15 is 0 Å². The fourth-order valence-corrected chi connectivity index (χ4v) is 3.98. The molecular formula is C19H32N2O. The second-order valence-electron chi connectivity index (χ2n) is 7.64. The Morgan fingerprint density at radius 2 is 1.55 bits per heavy atom. The molecule has 3 heteroatoms. The van der Waals surface area contributed by atoms with Crippen LogP contribution in [0.4, 0.5) is 0 Å². The summed E-state index contributed by atoms with van der Waals surface area (Å²) >= 11 is 0. The van der Waals surface area contributed by atoms with Crippen molar-refractivity contribution in [3.63, 3.8) is 0 Å². The van der Waals surface area contributed by atoms with Gasteiger partial charge in [-0.05, 0) is 77.7 Å². The maximum absolute atomic E-state index is 5.32. The number of nitrogens with zero attached hydrogens (tertiary/aromatic N) is 2. The molecule has 2 saturated heterocycles. The maximum atomic E-state index is 5.32. The van der Waals surface area contributed by atoms with Crippen LogP contribution >= 0.6 is 0 Å². The molecule has 0 unspecified atom stereocenters. The van der Waals surface area contributed by atoms with Gasteiger partial charge < -0.3 is 14.5 Å². The van der Waals surface area contributed by atoms with Gasteiger partial charge >= 0.3 is 0 Å². The van der Waals surface area contributed by atoms with E-state index in [0.29, 0.717) is 17.9 Å². The van der Waals surface area contributed by atoms with Crippen molar-refractivity contribution < 1.29 is 4.74 Å². The van der Waals surface area contributed by atoms with Crippen LogP contribution < -0.4 is 0 Å². The van der Waals surface area contributed by atoms with Crippen LogP contribution in [-0.2, 0) is 4.74 Å². The number of methoxy groups -OCH3 is 1. The molecule has 3 fully saturated rings. The Morgan fingerprint density at radius 1 is 0.909 bits per heavy atom. The molecule has 0 aromatic carbocycles. The van der Waals surface area contributed by atoms with Crippen molar-refractivity contribution in [1.29, 1.82) is 0 Å². The first-order chi connectivity index (χ1) is 10.7. The Kier molecular flexibility index (Phi) is 5.79. The normalized spacial score (nSPS) is 32.3. The van der Waals surface area contributed by atoms with Crippen molar-refractivity contribution in [2.75, 3.05) is 46.9 Å². The van der Waals surface area contributed by atoms with Crippen LogP contribution in [0.2, 0.25) is 0 Å². The number of hydrogen-bond donors (Lipinski definition) is 0. The number of ether oxygens (including phenoxy) is 1. The second kappa shape index (κ2) is 7.81. The minimum absolute atomic E-state index is 0.482. The van der Waals surface area contributed by atoms with E-state index in [4.69, 9.17) is 4.74 Å². The van der Waals surface area contributed by atoms with Gasteiger partial charge in [-0.2, -0.15) is 0 Å². The van der Waals surface area contributed by atoms with E-state index in [1.54, 1.807) is 0 Å². The first-order valence-corrected chi connectivity index (χ1v) is 9.17. The van der Waals surface area contributed by atoms with Crippen molar-refractivity contribution in [2.45, 2.75) is 44.6 Å². The second-order valence-corrected chi connectivity index (χ2v) is 7.64. The largest absolute Gasteiger partial charge is 0.381 e.